The average Bonchev–Trinajstić information content (AvgIpc) is 2.29. The van der Waals surface area contributed by atoms with Crippen molar-refractivity contribution in [1.82, 2.24) is 10.6 Å². The average molecular weight is 238 g/mol. The van der Waals surface area contributed by atoms with Crippen molar-refractivity contribution in [1.29, 1.82) is 0 Å². The number of hydrogen-bond acceptors (Lipinski definition) is 2. The minimum Gasteiger partial charge on any atom is -0.350 e. The van der Waals surface area contributed by atoms with Crippen LogP contribution in [0.3, 0.4) is 0 Å². The number of carbonyl (C=O) groups is 1. The Labute approximate surface area is 105 Å². The van der Waals surface area contributed by atoms with Gasteiger partial charge in [0.1, 0.15) is 0 Å². The molecule has 1 amide bonds. The second-order valence-corrected chi connectivity index (χ2v) is 6.16. The molecule has 1 saturated heterocycles. The normalized spacial score (nSPS) is 33.1. The number of hydrogen-bond donors (Lipinski definition) is 2. The number of rotatable bonds is 2. The first kappa shape index (κ1) is 12.9. The summed E-state index contributed by atoms with van der Waals surface area (Å²) in [7, 11) is 0. The summed E-state index contributed by atoms with van der Waals surface area (Å²) >= 11 is 0. The lowest BCUT2D eigenvalue weighted by atomic mass is 9.83. The molecule has 0 radical (unpaired) electrons. The van der Waals surface area contributed by atoms with Crippen LogP contribution in [0.25, 0.3) is 0 Å². The molecule has 0 bridgehead atoms. The van der Waals surface area contributed by atoms with Gasteiger partial charge in [0, 0.05) is 11.6 Å². The molecule has 1 aliphatic carbocycles. The van der Waals surface area contributed by atoms with Crippen molar-refractivity contribution in [2.75, 3.05) is 0 Å². The molecule has 3 nitrogen and oxygen atoms in total. The fraction of sp³-hybridized carbons (Fsp3) is 0.929. The summed E-state index contributed by atoms with van der Waals surface area (Å²) in [6.07, 6.45) is 9.47. The summed E-state index contributed by atoms with van der Waals surface area (Å²) in [5.41, 5.74) is 0.0533. The Hall–Kier alpha value is -0.570. The zero-order valence-electron chi connectivity index (χ0n) is 11.2. The number of nitrogens with one attached hydrogen (secondary N) is 2. The fourth-order valence-corrected chi connectivity index (χ4v) is 3.19. The first-order valence-corrected chi connectivity index (χ1v) is 7.17. The van der Waals surface area contributed by atoms with Crippen LogP contribution in [0.5, 0.6) is 0 Å². The molecule has 2 N–H and O–H groups in total. The molecule has 2 fully saturated rings. The van der Waals surface area contributed by atoms with Gasteiger partial charge in [-0.2, -0.15) is 0 Å². The summed E-state index contributed by atoms with van der Waals surface area (Å²) in [6, 6.07) is 0.524. The minimum absolute atomic E-state index is 0.0394. The number of piperidine rings is 1. The van der Waals surface area contributed by atoms with Crippen LogP contribution in [-0.4, -0.2) is 23.5 Å². The summed E-state index contributed by atoms with van der Waals surface area (Å²) < 4.78 is 0. The molecule has 2 atom stereocenters. The van der Waals surface area contributed by atoms with E-state index in [9.17, 15) is 4.79 Å². The van der Waals surface area contributed by atoms with E-state index >= 15 is 0 Å². The molecule has 1 heterocycles. The molecule has 0 aromatic heterocycles. The van der Waals surface area contributed by atoms with Crippen molar-refractivity contribution in [2.45, 2.75) is 82.8 Å². The zero-order chi connectivity index (χ0) is 12.3. The van der Waals surface area contributed by atoms with Gasteiger partial charge >= 0.3 is 0 Å². The van der Waals surface area contributed by atoms with E-state index in [1.807, 2.05) is 0 Å². The lowest BCUT2D eigenvalue weighted by Gasteiger charge is -2.37. The maximum absolute atomic E-state index is 12.2. The quantitative estimate of drug-likeness (QED) is 0.775. The van der Waals surface area contributed by atoms with Crippen LogP contribution in [0, 0.1) is 0 Å². The van der Waals surface area contributed by atoms with Gasteiger partial charge in [-0.1, -0.05) is 19.3 Å². The fourth-order valence-electron chi connectivity index (χ4n) is 3.19. The Morgan fingerprint density at radius 2 is 1.88 bits per heavy atom. The number of carbonyl (C=O) groups excluding carboxylic acids is 1. The first-order chi connectivity index (χ1) is 8.09. The summed E-state index contributed by atoms with van der Waals surface area (Å²) in [5, 5.41) is 6.69. The van der Waals surface area contributed by atoms with E-state index in [2.05, 4.69) is 24.5 Å². The summed E-state index contributed by atoms with van der Waals surface area (Å²) in [6.45, 7) is 4.37. The van der Waals surface area contributed by atoms with Crippen molar-refractivity contribution < 1.29 is 4.79 Å². The van der Waals surface area contributed by atoms with Gasteiger partial charge in [0.2, 0.25) is 5.91 Å². The highest BCUT2D eigenvalue weighted by atomic mass is 16.2. The lowest BCUT2D eigenvalue weighted by molar-refractivity contribution is -0.126. The summed E-state index contributed by atoms with van der Waals surface area (Å²) in [5.74, 6) is 0.223. The van der Waals surface area contributed by atoms with Crippen molar-refractivity contribution in [2.24, 2.45) is 0 Å². The Morgan fingerprint density at radius 1 is 1.18 bits per heavy atom. The molecule has 0 spiro atoms. The van der Waals surface area contributed by atoms with Crippen molar-refractivity contribution >= 4 is 5.91 Å². The Bertz CT molecular complexity index is 271. The maximum Gasteiger partial charge on any atom is 0.237 e. The molecule has 1 saturated carbocycles. The third-order valence-electron chi connectivity index (χ3n) is 4.31. The van der Waals surface area contributed by atoms with Gasteiger partial charge in [-0.25, -0.2) is 0 Å². The first-order valence-electron chi connectivity index (χ1n) is 7.17. The van der Waals surface area contributed by atoms with Crippen molar-refractivity contribution in [3.05, 3.63) is 0 Å². The van der Waals surface area contributed by atoms with Crippen LogP contribution in [0.1, 0.15) is 65.2 Å². The van der Waals surface area contributed by atoms with Gasteiger partial charge < -0.3 is 10.6 Å². The Kier molecular flexibility index (Phi) is 4.08. The SMILES string of the molecule is CC1CCCC(C(=O)NC2(C)CCCCC2)N1. The lowest BCUT2D eigenvalue weighted by Crippen LogP contribution is -2.56. The topological polar surface area (TPSA) is 41.1 Å². The summed E-state index contributed by atoms with van der Waals surface area (Å²) in [4.78, 5) is 12.2. The highest BCUT2D eigenvalue weighted by Gasteiger charge is 2.32. The van der Waals surface area contributed by atoms with Crippen molar-refractivity contribution in [3.8, 4) is 0 Å². The van der Waals surface area contributed by atoms with Gasteiger partial charge in [0.25, 0.3) is 0 Å². The molecular weight excluding hydrogens is 212 g/mol. The van der Waals surface area contributed by atoms with Crippen LogP contribution in [0.2, 0.25) is 0 Å². The minimum atomic E-state index is 0.0394. The van der Waals surface area contributed by atoms with E-state index in [1.54, 1.807) is 0 Å². The Balaban J connectivity index is 1.87. The third kappa shape index (κ3) is 3.44. The van der Waals surface area contributed by atoms with E-state index in [4.69, 9.17) is 0 Å². The molecule has 0 aromatic carbocycles. The monoisotopic (exact) mass is 238 g/mol. The molecule has 2 unspecified atom stereocenters. The molecule has 3 heteroatoms. The smallest absolute Gasteiger partial charge is 0.237 e. The zero-order valence-corrected chi connectivity index (χ0v) is 11.2. The Morgan fingerprint density at radius 3 is 2.53 bits per heavy atom. The maximum atomic E-state index is 12.2. The van der Waals surface area contributed by atoms with Gasteiger partial charge in [0.05, 0.1) is 6.04 Å². The molecule has 1 aliphatic heterocycles. The largest absolute Gasteiger partial charge is 0.350 e. The number of amides is 1. The predicted octanol–water partition coefficient (Wildman–Crippen LogP) is 2.36. The van der Waals surface area contributed by atoms with Crippen molar-refractivity contribution in [3.63, 3.8) is 0 Å². The molecule has 0 aromatic rings. The van der Waals surface area contributed by atoms with Gasteiger partial charge in [-0.3, -0.25) is 4.79 Å². The van der Waals surface area contributed by atoms with Crippen LogP contribution in [0.4, 0.5) is 0 Å². The molecule has 2 aliphatic rings. The van der Waals surface area contributed by atoms with E-state index < -0.39 is 0 Å². The van der Waals surface area contributed by atoms with Crippen LogP contribution in [0.15, 0.2) is 0 Å². The third-order valence-corrected chi connectivity index (χ3v) is 4.31. The van der Waals surface area contributed by atoms with E-state index in [0.29, 0.717) is 6.04 Å². The second-order valence-electron chi connectivity index (χ2n) is 6.16. The molecule has 17 heavy (non-hydrogen) atoms. The highest BCUT2D eigenvalue weighted by molar-refractivity contribution is 5.82. The standard InChI is InChI=1S/C14H26N2O/c1-11-7-6-8-12(15-11)13(17)16-14(2)9-4-3-5-10-14/h11-12,15H,3-10H2,1-2H3,(H,16,17). The van der Waals surface area contributed by atoms with E-state index in [0.717, 1.165) is 19.3 Å². The van der Waals surface area contributed by atoms with Gasteiger partial charge in [-0.05, 0) is 46.0 Å². The van der Waals surface area contributed by atoms with Crippen LogP contribution in [-0.2, 0) is 4.79 Å². The van der Waals surface area contributed by atoms with E-state index in [-0.39, 0.29) is 17.5 Å². The highest BCUT2D eigenvalue weighted by Crippen LogP contribution is 2.27. The molecule has 98 valence electrons. The van der Waals surface area contributed by atoms with E-state index in [1.165, 1.54) is 32.1 Å². The molecular formula is C14H26N2O. The predicted molar refractivity (Wildman–Crippen MR) is 69.9 cm³/mol. The molecule has 2 rings (SSSR count). The van der Waals surface area contributed by atoms with Gasteiger partial charge in [-0.15, -0.1) is 0 Å². The second kappa shape index (κ2) is 5.38. The van der Waals surface area contributed by atoms with Crippen LogP contribution >= 0.6 is 0 Å². The van der Waals surface area contributed by atoms with Crippen LogP contribution < -0.4 is 10.6 Å². The van der Waals surface area contributed by atoms with Gasteiger partial charge in [0.15, 0.2) is 0 Å².